The van der Waals surface area contributed by atoms with E-state index < -0.39 is 5.97 Å². The first-order chi connectivity index (χ1) is 8.61. The van der Waals surface area contributed by atoms with E-state index in [0.717, 1.165) is 23.7 Å². The highest BCUT2D eigenvalue weighted by atomic mass is 79.9. The van der Waals surface area contributed by atoms with Gasteiger partial charge in [-0.1, -0.05) is 38.3 Å². The monoisotopic (exact) mass is 311 g/mol. The number of unbranched alkanes of at least 4 members (excludes halogenated alkanes) is 3. The maximum atomic E-state index is 9.96. The van der Waals surface area contributed by atoms with E-state index in [1.165, 1.54) is 6.42 Å². The second-order valence-electron chi connectivity index (χ2n) is 3.80. The van der Waals surface area contributed by atoms with Crippen molar-refractivity contribution in [3.8, 4) is 6.07 Å². The molecule has 4 heteroatoms. The van der Waals surface area contributed by atoms with E-state index in [1.807, 2.05) is 24.3 Å². The summed E-state index contributed by atoms with van der Waals surface area (Å²) in [5.74, 6) is -0.675. The maximum Gasteiger partial charge on any atom is 0.303 e. The van der Waals surface area contributed by atoms with Gasteiger partial charge in [0.15, 0.2) is 0 Å². The van der Waals surface area contributed by atoms with Gasteiger partial charge in [-0.3, -0.25) is 4.79 Å². The summed E-state index contributed by atoms with van der Waals surface area (Å²) in [7, 11) is 0. The van der Waals surface area contributed by atoms with E-state index in [-0.39, 0.29) is 0 Å². The summed E-state index contributed by atoms with van der Waals surface area (Å²) in [6.45, 7) is 2.11. The van der Waals surface area contributed by atoms with Crippen LogP contribution in [0.25, 0.3) is 0 Å². The van der Waals surface area contributed by atoms with Crippen molar-refractivity contribution in [1.29, 1.82) is 5.26 Å². The van der Waals surface area contributed by atoms with E-state index in [9.17, 15) is 4.79 Å². The van der Waals surface area contributed by atoms with Crippen LogP contribution in [0, 0.1) is 11.3 Å². The predicted octanol–water partition coefficient (Wildman–Crippen LogP) is 4.36. The van der Waals surface area contributed by atoms with Crippen LogP contribution in [0.5, 0.6) is 0 Å². The summed E-state index contributed by atoms with van der Waals surface area (Å²) in [6, 6.07) is 9.38. The van der Waals surface area contributed by atoms with Crippen molar-refractivity contribution in [2.45, 2.75) is 39.0 Å². The number of rotatable bonds is 5. The molecule has 0 aliphatic carbocycles. The molecule has 0 bridgehead atoms. The van der Waals surface area contributed by atoms with E-state index in [2.05, 4.69) is 22.9 Å². The number of carbonyl (C=O) groups is 1. The van der Waals surface area contributed by atoms with Crippen LogP contribution in [-0.2, 0) is 4.79 Å². The molecule has 18 heavy (non-hydrogen) atoms. The van der Waals surface area contributed by atoms with Gasteiger partial charge in [0.1, 0.15) is 6.07 Å². The standard InChI is InChI=1S/C7H4BrN.C7H14O2/c8-7-4-2-1-3-6(7)5-9;1-2-3-4-5-6-7(8)9/h1-4H;2-6H2,1H3,(H,8,9). The van der Waals surface area contributed by atoms with Crippen LogP contribution in [0.3, 0.4) is 0 Å². The lowest BCUT2D eigenvalue weighted by atomic mass is 10.2. The van der Waals surface area contributed by atoms with Crippen LogP contribution in [0.1, 0.15) is 44.6 Å². The second-order valence-corrected chi connectivity index (χ2v) is 4.65. The van der Waals surface area contributed by atoms with Crippen molar-refractivity contribution < 1.29 is 9.90 Å². The highest BCUT2D eigenvalue weighted by molar-refractivity contribution is 9.10. The van der Waals surface area contributed by atoms with Crippen molar-refractivity contribution in [2.75, 3.05) is 0 Å². The summed E-state index contributed by atoms with van der Waals surface area (Å²) in [6.07, 6.45) is 4.55. The molecule has 0 radical (unpaired) electrons. The zero-order chi connectivity index (χ0) is 13.8. The molecule has 0 saturated carbocycles. The first kappa shape index (κ1) is 16.7. The van der Waals surface area contributed by atoms with Gasteiger partial charge in [0, 0.05) is 10.9 Å². The van der Waals surface area contributed by atoms with E-state index in [1.54, 1.807) is 6.07 Å². The van der Waals surface area contributed by atoms with Crippen molar-refractivity contribution >= 4 is 21.9 Å². The fourth-order valence-electron chi connectivity index (χ4n) is 1.25. The number of benzene rings is 1. The summed E-state index contributed by atoms with van der Waals surface area (Å²) in [4.78, 5) is 9.96. The SMILES string of the molecule is CCCCCCC(=O)O.N#Cc1ccccc1Br. The molecule has 0 aliphatic rings. The van der Waals surface area contributed by atoms with Gasteiger partial charge in [0.05, 0.1) is 5.56 Å². The zero-order valence-electron chi connectivity index (χ0n) is 10.5. The van der Waals surface area contributed by atoms with Gasteiger partial charge in [-0.05, 0) is 34.5 Å². The number of hydrogen-bond acceptors (Lipinski definition) is 2. The Morgan fingerprint density at radius 3 is 2.44 bits per heavy atom. The maximum absolute atomic E-state index is 9.96. The first-order valence-electron chi connectivity index (χ1n) is 5.98. The Balaban J connectivity index is 0.000000321. The summed E-state index contributed by atoms with van der Waals surface area (Å²) >= 11 is 3.23. The Labute approximate surface area is 117 Å². The molecular weight excluding hydrogens is 294 g/mol. The average Bonchev–Trinajstić information content (AvgIpc) is 2.36. The zero-order valence-corrected chi connectivity index (χ0v) is 12.1. The molecule has 98 valence electrons. The Morgan fingerprint density at radius 2 is 2.00 bits per heavy atom. The van der Waals surface area contributed by atoms with Crippen molar-refractivity contribution in [2.24, 2.45) is 0 Å². The van der Waals surface area contributed by atoms with Gasteiger partial charge in [-0.25, -0.2) is 0 Å². The molecule has 1 rings (SSSR count). The molecule has 0 fully saturated rings. The van der Waals surface area contributed by atoms with E-state index >= 15 is 0 Å². The first-order valence-corrected chi connectivity index (χ1v) is 6.77. The lowest BCUT2D eigenvalue weighted by Gasteiger charge is -1.92. The van der Waals surface area contributed by atoms with Crippen molar-refractivity contribution in [1.82, 2.24) is 0 Å². The quantitative estimate of drug-likeness (QED) is 0.822. The largest absolute Gasteiger partial charge is 0.481 e. The van der Waals surface area contributed by atoms with Crippen LogP contribution in [0.4, 0.5) is 0 Å². The Hall–Kier alpha value is -1.34. The van der Waals surface area contributed by atoms with Crippen LogP contribution in [0.15, 0.2) is 28.7 Å². The minimum atomic E-state index is -0.675. The second kappa shape index (κ2) is 10.8. The molecule has 0 spiro atoms. The van der Waals surface area contributed by atoms with Crippen LogP contribution >= 0.6 is 15.9 Å². The van der Waals surface area contributed by atoms with E-state index in [0.29, 0.717) is 12.0 Å². The van der Waals surface area contributed by atoms with Gasteiger partial charge in [-0.2, -0.15) is 5.26 Å². The fourth-order valence-corrected chi connectivity index (χ4v) is 1.63. The molecule has 0 saturated heterocycles. The summed E-state index contributed by atoms with van der Waals surface area (Å²) in [5.41, 5.74) is 0.678. The molecule has 0 aliphatic heterocycles. The Morgan fingerprint density at radius 1 is 1.33 bits per heavy atom. The van der Waals surface area contributed by atoms with Crippen LogP contribution < -0.4 is 0 Å². The highest BCUT2D eigenvalue weighted by Gasteiger charge is 1.94. The summed E-state index contributed by atoms with van der Waals surface area (Å²) in [5, 5.41) is 16.7. The minimum absolute atomic E-state index is 0.333. The highest BCUT2D eigenvalue weighted by Crippen LogP contribution is 2.13. The Kier molecular flexibility index (Phi) is 9.99. The van der Waals surface area contributed by atoms with Crippen molar-refractivity contribution in [3.05, 3.63) is 34.3 Å². The third kappa shape index (κ3) is 8.77. The third-order valence-electron chi connectivity index (χ3n) is 2.24. The van der Waals surface area contributed by atoms with Crippen LogP contribution in [-0.4, -0.2) is 11.1 Å². The van der Waals surface area contributed by atoms with Crippen LogP contribution in [0.2, 0.25) is 0 Å². The fraction of sp³-hybridized carbons (Fsp3) is 0.429. The molecule has 0 aromatic heterocycles. The molecular formula is C14H18BrNO2. The number of carboxylic acid groups (broad SMARTS) is 1. The third-order valence-corrected chi connectivity index (χ3v) is 2.93. The number of carboxylic acids is 1. The number of aliphatic carboxylic acids is 1. The lowest BCUT2D eigenvalue weighted by Crippen LogP contribution is -1.92. The number of hydrogen-bond donors (Lipinski definition) is 1. The molecule has 0 amide bonds. The number of halogens is 1. The van der Waals surface area contributed by atoms with E-state index in [4.69, 9.17) is 10.4 Å². The predicted molar refractivity (Wildman–Crippen MR) is 75.3 cm³/mol. The lowest BCUT2D eigenvalue weighted by molar-refractivity contribution is -0.137. The van der Waals surface area contributed by atoms with Crippen molar-refractivity contribution in [3.63, 3.8) is 0 Å². The molecule has 3 nitrogen and oxygen atoms in total. The van der Waals surface area contributed by atoms with Gasteiger partial charge in [-0.15, -0.1) is 0 Å². The molecule has 1 aromatic carbocycles. The average molecular weight is 312 g/mol. The van der Waals surface area contributed by atoms with Gasteiger partial charge >= 0.3 is 5.97 Å². The number of nitriles is 1. The normalized spacial score (nSPS) is 8.94. The summed E-state index contributed by atoms with van der Waals surface area (Å²) < 4.78 is 0.854. The molecule has 1 aromatic rings. The van der Waals surface area contributed by atoms with Gasteiger partial charge in [0.25, 0.3) is 0 Å². The smallest absolute Gasteiger partial charge is 0.303 e. The topological polar surface area (TPSA) is 61.1 Å². The Bertz CT molecular complexity index is 399. The van der Waals surface area contributed by atoms with Gasteiger partial charge in [0.2, 0.25) is 0 Å². The molecule has 0 atom stereocenters. The molecule has 0 heterocycles. The molecule has 0 unspecified atom stereocenters. The number of nitrogens with zero attached hydrogens (tertiary/aromatic N) is 1. The molecule has 1 N–H and O–H groups in total. The minimum Gasteiger partial charge on any atom is -0.481 e. The van der Waals surface area contributed by atoms with Gasteiger partial charge < -0.3 is 5.11 Å².